The summed E-state index contributed by atoms with van der Waals surface area (Å²) in [6.07, 6.45) is 3.30. The molecular weight excluding hydrogens is 214 g/mol. The van der Waals surface area contributed by atoms with Crippen LogP contribution in [0.4, 0.5) is 0 Å². The summed E-state index contributed by atoms with van der Waals surface area (Å²) in [5.74, 6) is -0.0793. The summed E-state index contributed by atoms with van der Waals surface area (Å²) in [4.78, 5) is 11.6. The topological polar surface area (TPSA) is 60.9 Å². The predicted octanol–water partition coefficient (Wildman–Crippen LogP) is 1.46. The number of benzene rings is 1. The fourth-order valence-electron chi connectivity index (χ4n) is 1.61. The average molecular weight is 229 g/mol. The minimum Gasteiger partial charge on any atom is -0.321 e. The van der Waals surface area contributed by atoms with Gasteiger partial charge in [0.2, 0.25) is 0 Å². The van der Waals surface area contributed by atoms with Crippen LogP contribution in [0.25, 0.3) is 0 Å². The minimum absolute atomic E-state index is 0.0793. The van der Waals surface area contributed by atoms with Crippen molar-refractivity contribution >= 4 is 5.78 Å². The fourth-order valence-corrected chi connectivity index (χ4v) is 1.61. The molecule has 2 rings (SSSR count). The van der Waals surface area contributed by atoms with E-state index in [9.17, 15) is 4.79 Å². The molecule has 0 aliphatic heterocycles. The number of Topliss-reactive ketones (excluding diaryl/α,β-unsaturated/α-hetero) is 1. The van der Waals surface area contributed by atoms with Gasteiger partial charge in [-0.2, -0.15) is 5.10 Å². The van der Waals surface area contributed by atoms with Crippen molar-refractivity contribution in [3.05, 3.63) is 53.9 Å². The number of nitrogens with two attached hydrogens (primary N) is 1. The van der Waals surface area contributed by atoms with Crippen molar-refractivity contribution in [1.82, 2.24) is 9.78 Å². The van der Waals surface area contributed by atoms with Gasteiger partial charge >= 0.3 is 0 Å². The van der Waals surface area contributed by atoms with E-state index in [-0.39, 0.29) is 5.78 Å². The maximum absolute atomic E-state index is 11.6. The average Bonchev–Trinajstić information content (AvgIpc) is 2.77. The molecule has 0 saturated carbocycles. The molecular formula is C13H15N3O. The molecule has 4 nitrogen and oxygen atoms in total. The Balaban J connectivity index is 2.12. The Hall–Kier alpha value is -1.94. The van der Waals surface area contributed by atoms with E-state index in [0.29, 0.717) is 12.1 Å². The van der Waals surface area contributed by atoms with E-state index in [1.54, 1.807) is 24.0 Å². The number of nitrogens with zero attached hydrogens (tertiary/aromatic N) is 2. The first-order chi connectivity index (χ1) is 8.16. The molecule has 1 heterocycles. The van der Waals surface area contributed by atoms with Gasteiger partial charge in [-0.25, -0.2) is 0 Å². The highest BCUT2D eigenvalue weighted by Gasteiger charge is 2.12. The van der Waals surface area contributed by atoms with Gasteiger partial charge in [0.1, 0.15) is 0 Å². The molecule has 1 unspecified atom stereocenters. The first kappa shape index (κ1) is 11.5. The molecule has 2 aromatic rings. The summed E-state index contributed by atoms with van der Waals surface area (Å²) in [5.41, 5.74) is 7.26. The standard InChI is InChI=1S/C13H15N3O/c1-10(14)13(17)12-7-15-16(9-12)8-11-5-3-2-4-6-11/h2-7,9-10H,8,14H2,1H3. The van der Waals surface area contributed by atoms with E-state index in [1.807, 2.05) is 30.3 Å². The molecule has 1 aromatic heterocycles. The van der Waals surface area contributed by atoms with Crippen molar-refractivity contribution in [1.29, 1.82) is 0 Å². The van der Waals surface area contributed by atoms with Crippen LogP contribution in [0.3, 0.4) is 0 Å². The van der Waals surface area contributed by atoms with Crippen molar-refractivity contribution in [2.45, 2.75) is 19.5 Å². The molecule has 0 saturated heterocycles. The van der Waals surface area contributed by atoms with Crippen LogP contribution in [0.1, 0.15) is 22.8 Å². The molecule has 0 aliphatic rings. The second kappa shape index (κ2) is 4.93. The van der Waals surface area contributed by atoms with Gasteiger partial charge < -0.3 is 5.73 Å². The largest absolute Gasteiger partial charge is 0.321 e. The van der Waals surface area contributed by atoms with Crippen LogP contribution < -0.4 is 5.73 Å². The number of rotatable bonds is 4. The lowest BCUT2D eigenvalue weighted by Crippen LogP contribution is -2.26. The lowest BCUT2D eigenvalue weighted by atomic mass is 10.1. The molecule has 0 amide bonds. The highest BCUT2D eigenvalue weighted by Crippen LogP contribution is 2.05. The molecule has 17 heavy (non-hydrogen) atoms. The van der Waals surface area contributed by atoms with E-state index in [2.05, 4.69) is 5.10 Å². The third kappa shape index (κ3) is 2.79. The third-order valence-corrected chi connectivity index (χ3v) is 2.52. The Morgan fingerprint density at radius 2 is 2.12 bits per heavy atom. The van der Waals surface area contributed by atoms with Gasteiger partial charge in [-0.15, -0.1) is 0 Å². The van der Waals surface area contributed by atoms with Gasteiger partial charge in [0.25, 0.3) is 0 Å². The van der Waals surface area contributed by atoms with E-state index in [1.165, 1.54) is 0 Å². The third-order valence-electron chi connectivity index (χ3n) is 2.52. The smallest absolute Gasteiger partial charge is 0.182 e. The quantitative estimate of drug-likeness (QED) is 0.807. The van der Waals surface area contributed by atoms with E-state index in [4.69, 9.17) is 5.73 Å². The van der Waals surface area contributed by atoms with Gasteiger partial charge in [-0.1, -0.05) is 30.3 Å². The van der Waals surface area contributed by atoms with Crippen molar-refractivity contribution in [3.8, 4) is 0 Å². The fraction of sp³-hybridized carbons (Fsp3) is 0.231. The molecule has 88 valence electrons. The van der Waals surface area contributed by atoms with Crippen LogP contribution in [0, 0.1) is 0 Å². The van der Waals surface area contributed by atoms with Crippen LogP contribution in [0.2, 0.25) is 0 Å². The second-order valence-corrected chi connectivity index (χ2v) is 4.07. The molecule has 0 radical (unpaired) electrons. The molecule has 0 aliphatic carbocycles. The van der Waals surface area contributed by atoms with Gasteiger partial charge in [0.05, 0.1) is 24.3 Å². The van der Waals surface area contributed by atoms with Gasteiger partial charge in [-0.05, 0) is 12.5 Å². The van der Waals surface area contributed by atoms with Gasteiger partial charge in [-0.3, -0.25) is 9.48 Å². The zero-order chi connectivity index (χ0) is 12.3. The molecule has 1 aromatic carbocycles. The second-order valence-electron chi connectivity index (χ2n) is 4.07. The molecule has 0 spiro atoms. The lowest BCUT2D eigenvalue weighted by molar-refractivity contribution is 0.0968. The predicted molar refractivity (Wildman–Crippen MR) is 65.8 cm³/mol. The van der Waals surface area contributed by atoms with Crippen LogP contribution in [0.15, 0.2) is 42.7 Å². The first-order valence-electron chi connectivity index (χ1n) is 5.53. The molecule has 4 heteroatoms. The lowest BCUT2D eigenvalue weighted by Gasteiger charge is -2.01. The Bertz CT molecular complexity index is 502. The van der Waals surface area contributed by atoms with Crippen LogP contribution in [-0.4, -0.2) is 21.6 Å². The SMILES string of the molecule is CC(N)C(=O)c1cnn(Cc2ccccc2)c1. The summed E-state index contributed by atoms with van der Waals surface area (Å²) in [5, 5.41) is 4.16. The highest BCUT2D eigenvalue weighted by atomic mass is 16.1. The van der Waals surface area contributed by atoms with Gasteiger partial charge in [0.15, 0.2) is 5.78 Å². The summed E-state index contributed by atoms with van der Waals surface area (Å²) in [6.45, 7) is 2.34. The van der Waals surface area contributed by atoms with Crippen LogP contribution in [0.5, 0.6) is 0 Å². The number of hydrogen-bond acceptors (Lipinski definition) is 3. The molecule has 0 bridgehead atoms. The van der Waals surface area contributed by atoms with Crippen molar-refractivity contribution in [3.63, 3.8) is 0 Å². The normalized spacial score (nSPS) is 12.4. The monoisotopic (exact) mass is 229 g/mol. The summed E-state index contributed by atoms with van der Waals surface area (Å²) in [6, 6.07) is 9.49. The Morgan fingerprint density at radius 3 is 2.76 bits per heavy atom. The van der Waals surface area contributed by atoms with Gasteiger partial charge in [0, 0.05) is 6.20 Å². The zero-order valence-corrected chi connectivity index (χ0v) is 9.71. The number of aromatic nitrogens is 2. The Kier molecular flexibility index (Phi) is 3.35. The van der Waals surface area contributed by atoms with Crippen molar-refractivity contribution in [2.75, 3.05) is 0 Å². The van der Waals surface area contributed by atoms with Crippen molar-refractivity contribution in [2.24, 2.45) is 5.73 Å². The summed E-state index contributed by atoms with van der Waals surface area (Å²) < 4.78 is 1.74. The number of carbonyl (C=O) groups is 1. The molecule has 2 N–H and O–H groups in total. The zero-order valence-electron chi connectivity index (χ0n) is 9.71. The Morgan fingerprint density at radius 1 is 1.41 bits per heavy atom. The Labute approximate surface area is 100 Å². The highest BCUT2D eigenvalue weighted by molar-refractivity contribution is 5.99. The maximum atomic E-state index is 11.6. The van der Waals surface area contributed by atoms with E-state index < -0.39 is 6.04 Å². The number of ketones is 1. The minimum atomic E-state index is -0.482. The van der Waals surface area contributed by atoms with E-state index in [0.717, 1.165) is 5.56 Å². The molecule has 0 fully saturated rings. The summed E-state index contributed by atoms with van der Waals surface area (Å²) >= 11 is 0. The van der Waals surface area contributed by atoms with E-state index >= 15 is 0 Å². The maximum Gasteiger partial charge on any atom is 0.182 e. The summed E-state index contributed by atoms with van der Waals surface area (Å²) in [7, 11) is 0. The first-order valence-corrected chi connectivity index (χ1v) is 5.53. The van der Waals surface area contributed by atoms with Crippen molar-refractivity contribution < 1.29 is 4.79 Å². The number of carbonyl (C=O) groups excluding carboxylic acids is 1. The molecule has 1 atom stereocenters. The number of hydrogen-bond donors (Lipinski definition) is 1. The van der Waals surface area contributed by atoms with Crippen LogP contribution >= 0.6 is 0 Å². The van der Waals surface area contributed by atoms with Crippen LogP contribution in [-0.2, 0) is 6.54 Å².